The van der Waals surface area contributed by atoms with Crippen LogP contribution in [0.2, 0.25) is 0 Å². The number of aromatic nitrogens is 1. The van der Waals surface area contributed by atoms with Crippen LogP contribution in [0, 0.1) is 0 Å². The SMILES string of the molecule is C[C@@H](Cc1ccccn1)NC1CCN(c2ccc(NC(=O)CCc3ccccc3)cc2)CC1. The topological polar surface area (TPSA) is 57.3 Å². The number of benzene rings is 2. The number of hydrogen-bond donors (Lipinski definition) is 2. The Morgan fingerprint density at radius 1 is 1.00 bits per heavy atom. The van der Waals surface area contributed by atoms with Crippen LogP contribution in [0.1, 0.15) is 37.4 Å². The third kappa shape index (κ3) is 7.16. The number of pyridine rings is 1. The molecule has 0 aliphatic carbocycles. The maximum absolute atomic E-state index is 12.3. The normalized spacial score (nSPS) is 15.2. The van der Waals surface area contributed by atoms with Crippen molar-refractivity contribution in [2.45, 2.75) is 51.1 Å². The lowest BCUT2D eigenvalue weighted by molar-refractivity contribution is -0.116. The Morgan fingerprint density at radius 3 is 2.42 bits per heavy atom. The van der Waals surface area contributed by atoms with Crippen LogP contribution in [0.3, 0.4) is 0 Å². The summed E-state index contributed by atoms with van der Waals surface area (Å²) in [6, 6.07) is 25.4. The molecule has 1 fully saturated rings. The molecular weight excluding hydrogens is 408 g/mol. The monoisotopic (exact) mass is 442 g/mol. The first-order valence-corrected chi connectivity index (χ1v) is 12.0. The molecule has 1 saturated heterocycles. The molecule has 3 aromatic rings. The number of carbonyl (C=O) groups excluding carboxylic acids is 1. The van der Waals surface area contributed by atoms with E-state index in [0.29, 0.717) is 18.5 Å². The first-order valence-electron chi connectivity index (χ1n) is 12.0. The summed E-state index contributed by atoms with van der Waals surface area (Å²) >= 11 is 0. The number of piperidine rings is 1. The van der Waals surface area contributed by atoms with E-state index < -0.39 is 0 Å². The molecule has 5 heteroatoms. The van der Waals surface area contributed by atoms with Crippen molar-refractivity contribution in [1.82, 2.24) is 10.3 Å². The predicted molar refractivity (Wildman–Crippen MR) is 136 cm³/mol. The lowest BCUT2D eigenvalue weighted by atomic mass is 10.0. The molecule has 2 N–H and O–H groups in total. The van der Waals surface area contributed by atoms with Crippen molar-refractivity contribution in [1.29, 1.82) is 0 Å². The highest BCUT2D eigenvalue weighted by atomic mass is 16.1. The van der Waals surface area contributed by atoms with Gasteiger partial charge in [0, 0.05) is 61.3 Å². The minimum absolute atomic E-state index is 0.0540. The summed E-state index contributed by atoms with van der Waals surface area (Å²) < 4.78 is 0. The van der Waals surface area contributed by atoms with Gasteiger partial charge in [-0.25, -0.2) is 0 Å². The summed E-state index contributed by atoms with van der Waals surface area (Å²) in [5, 5.41) is 6.80. The van der Waals surface area contributed by atoms with E-state index in [-0.39, 0.29) is 5.91 Å². The Hall–Kier alpha value is -3.18. The molecule has 1 aliphatic heterocycles. The van der Waals surface area contributed by atoms with E-state index >= 15 is 0 Å². The molecule has 1 amide bonds. The summed E-state index contributed by atoms with van der Waals surface area (Å²) in [6.07, 6.45) is 6.33. The second kappa shape index (κ2) is 11.6. The third-order valence-electron chi connectivity index (χ3n) is 6.26. The Morgan fingerprint density at radius 2 is 1.73 bits per heavy atom. The van der Waals surface area contributed by atoms with Crippen LogP contribution >= 0.6 is 0 Å². The zero-order valence-corrected chi connectivity index (χ0v) is 19.4. The Labute approximate surface area is 197 Å². The number of nitrogens with zero attached hydrogens (tertiary/aromatic N) is 2. The van der Waals surface area contributed by atoms with Gasteiger partial charge in [-0.1, -0.05) is 36.4 Å². The van der Waals surface area contributed by atoms with Gasteiger partial charge in [-0.15, -0.1) is 0 Å². The van der Waals surface area contributed by atoms with Gasteiger partial charge < -0.3 is 15.5 Å². The Bertz CT molecular complexity index is 983. The molecule has 4 rings (SSSR count). The quantitative estimate of drug-likeness (QED) is 0.498. The second-order valence-electron chi connectivity index (χ2n) is 8.93. The predicted octanol–water partition coefficient (Wildman–Crippen LogP) is 4.84. The van der Waals surface area contributed by atoms with Gasteiger partial charge in [0.2, 0.25) is 5.91 Å². The summed E-state index contributed by atoms with van der Waals surface area (Å²) in [4.78, 5) is 19.2. The zero-order valence-electron chi connectivity index (χ0n) is 19.4. The smallest absolute Gasteiger partial charge is 0.224 e. The van der Waals surface area contributed by atoms with Gasteiger partial charge in [0.05, 0.1) is 0 Å². The van der Waals surface area contributed by atoms with Crippen LogP contribution in [-0.2, 0) is 17.6 Å². The van der Waals surface area contributed by atoms with Crippen molar-refractivity contribution in [3.63, 3.8) is 0 Å². The summed E-state index contributed by atoms with van der Waals surface area (Å²) in [5.74, 6) is 0.0540. The van der Waals surface area contributed by atoms with Crippen molar-refractivity contribution in [3.05, 3.63) is 90.3 Å². The summed E-state index contributed by atoms with van der Waals surface area (Å²) in [6.45, 7) is 4.32. The van der Waals surface area contributed by atoms with Crippen molar-refractivity contribution in [2.24, 2.45) is 0 Å². The highest BCUT2D eigenvalue weighted by Crippen LogP contribution is 2.22. The fraction of sp³-hybridized carbons (Fsp3) is 0.357. The molecular formula is C28H34N4O. The van der Waals surface area contributed by atoms with Gasteiger partial charge in [0.15, 0.2) is 0 Å². The van der Waals surface area contributed by atoms with Gasteiger partial charge in [0.25, 0.3) is 0 Å². The number of nitrogens with one attached hydrogen (secondary N) is 2. The minimum Gasteiger partial charge on any atom is -0.371 e. The van der Waals surface area contributed by atoms with Crippen LogP contribution in [0.5, 0.6) is 0 Å². The molecule has 0 radical (unpaired) electrons. The molecule has 5 nitrogen and oxygen atoms in total. The van der Waals surface area contributed by atoms with Gasteiger partial charge in [-0.2, -0.15) is 0 Å². The number of hydrogen-bond acceptors (Lipinski definition) is 4. The number of rotatable bonds is 9. The van der Waals surface area contributed by atoms with E-state index in [1.807, 2.05) is 42.6 Å². The molecule has 0 bridgehead atoms. The lowest BCUT2D eigenvalue weighted by Crippen LogP contribution is -2.46. The van der Waals surface area contributed by atoms with Crippen LogP contribution in [0.25, 0.3) is 0 Å². The van der Waals surface area contributed by atoms with E-state index in [4.69, 9.17) is 0 Å². The van der Waals surface area contributed by atoms with Gasteiger partial charge in [-0.3, -0.25) is 9.78 Å². The van der Waals surface area contributed by atoms with E-state index in [2.05, 4.69) is 63.8 Å². The van der Waals surface area contributed by atoms with Gasteiger partial charge >= 0.3 is 0 Å². The molecule has 1 atom stereocenters. The third-order valence-corrected chi connectivity index (χ3v) is 6.26. The Kier molecular flexibility index (Phi) is 8.09. The number of aryl methyl sites for hydroxylation is 1. The van der Waals surface area contributed by atoms with Crippen LogP contribution in [-0.4, -0.2) is 36.1 Å². The number of anilines is 2. The Balaban J connectivity index is 1.19. The van der Waals surface area contributed by atoms with E-state index in [1.54, 1.807) is 0 Å². The molecule has 172 valence electrons. The molecule has 1 aliphatic rings. The second-order valence-corrected chi connectivity index (χ2v) is 8.93. The van der Waals surface area contributed by atoms with Crippen molar-refractivity contribution in [3.8, 4) is 0 Å². The standard InChI is InChI=1S/C28H34N4O/c1-22(21-26-9-5-6-18-29-26)30-25-16-19-32(20-17-25)27-13-11-24(12-14-27)31-28(33)15-10-23-7-3-2-4-8-23/h2-9,11-14,18,22,25,30H,10,15-17,19-21H2,1H3,(H,31,33)/t22-/m0/s1. The van der Waals surface area contributed by atoms with Crippen LogP contribution in [0.15, 0.2) is 79.0 Å². The highest BCUT2D eigenvalue weighted by molar-refractivity contribution is 5.91. The fourth-order valence-electron chi connectivity index (χ4n) is 4.48. The zero-order chi connectivity index (χ0) is 22.9. The molecule has 2 heterocycles. The maximum atomic E-state index is 12.3. The minimum atomic E-state index is 0.0540. The molecule has 0 saturated carbocycles. The van der Waals surface area contributed by atoms with E-state index in [0.717, 1.165) is 50.2 Å². The van der Waals surface area contributed by atoms with E-state index in [1.165, 1.54) is 11.3 Å². The molecule has 33 heavy (non-hydrogen) atoms. The largest absolute Gasteiger partial charge is 0.371 e. The van der Waals surface area contributed by atoms with Crippen molar-refractivity contribution in [2.75, 3.05) is 23.3 Å². The van der Waals surface area contributed by atoms with Crippen LogP contribution < -0.4 is 15.5 Å². The number of carbonyl (C=O) groups is 1. The molecule has 0 unspecified atom stereocenters. The molecule has 1 aromatic heterocycles. The van der Waals surface area contributed by atoms with Crippen molar-refractivity contribution >= 4 is 17.3 Å². The van der Waals surface area contributed by atoms with Gasteiger partial charge in [-0.05, 0) is 68.1 Å². The van der Waals surface area contributed by atoms with Crippen LogP contribution in [0.4, 0.5) is 11.4 Å². The highest BCUT2D eigenvalue weighted by Gasteiger charge is 2.21. The number of amides is 1. The summed E-state index contributed by atoms with van der Waals surface area (Å²) in [5.41, 5.74) is 4.41. The maximum Gasteiger partial charge on any atom is 0.224 e. The average Bonchev–Trinajstić information content (AvgIpc) is 2.85. The van der Waals surface area contributed by atoms with Gasteiger partial charge in [0.1, 0.15) is 0 Å². The molecule has 0 spiro atoms. The lowest BCUT2D eigenvalue weighted by Gasteiger charge is -2.35. The summed E-state index contributed by atoms with van der Waals surface area (Å²) in [7, 11) is 0. The first-order chi connectivity index (χ1) is 16.2. The first kappa shape index (κ1) is 23.0. The average molecular weight is 443 g/mol. The fourth-order valence-corrected chi connectivity index (χ4v) is 4.48. The molecule has 2 aromatic carbocycles. The van der Waals surface area contributed by atoms with Crippen molar-refractivity contribution < 1.29 is 4.79 Å². The van der Waals surface area contributed by atoms with E-state index in [9.17, 15) is 4.79 Å².